The molecule has 1 heterocycles. The summed E-state index contributed by atoms with van der Waals surface area (Å²) in [6, 6.07) is 9.80. The molecule has 0 saturated heterocycles. The molecule has 2 N–H and O–H groups in total. The Morgan fingerprint density at radius 3 is 2.59 bits per heavy atom. The number of hydrogen-bond donors (Lipinski definition) is 2. The van der Waals surface area contributed by atoms with Gasteiger partial charge in [0, 0.05) is 18.2 Å². The van der Waals surface area contributed by atoms with Crippen molar-refractivity contribution in [3.63, 3.8) is 0 Å². The lowest BCUT2D eigenvalue weighted by atomic mass is 9.99. The number of aromatic amines is 1. The molecule has 32 heavy (non-hydrogen) atoms. The van der Waals surface area contributed by atoms with Crippen molar-refractivity contribution >= 4 is 28.3 Å². The zero-order valence-corrected chi connectivity index (χ0v) is 17.1. The lowest BCUT2D eigenvalue weighted by Crippen LogP contribution is -2.13. The minimum Gasteiger partial charge on any atom is -0.481 e. The number of ether oxygens (including phenoxy) is 1. The summed E-state index contributed by atoms with van der Waals surface area (Å²) in [4.78, 5) is 27.4. The highest BCUT2D eigenvalue weighted by atomic mass is 19.4. The fourth-order valence-corrected chi connectivity index (χ4v) is 3.23. The number of aliphatic carboxylic acids is 1. The summed E-state index contributed by atoms with van der Waals surface area (Å²) in [5, 5.41) is 15.7. The van der Waals surface area contributed by atoms with Crippen molar-refractivity contribution < 1.29 is 27.8 Å². The maximum absolute atomic E-state index is 13.3. The normalized spacial score (nSPS) is 12.2. The Bertz CT molecular complexity index is 1220. The average Bonchev–Trinajstić information content (AvgIpc) is 2.74. The van der Waals surface area contributed by atoms with Gasteiger partial charge in [0.25, 0.3) is 5.56 Å². The predicted molar refractivity (Wildman–Crippen MR) is 112 cm³/mol. The van der Waals surface area contributed by atoms with Gasteiger partial charge in [-0.2, -0.15) is 18.3 Å². The van der Waals surface area contributed by atoms with Crippen LogP contribution in [-0.2, 0) is 22.1 Å². The number of fused-ring (bicyclic) bond motifs is 1. The first-order valence-corrected chi connectivity index (χ1v) is 9.77. The molecule has 0 saturated carbocycles. The van der Waals surface area contributed by atoms with Gasteiger partial charge in [0.2, 0.25) is 0 Å². The number of rotatable bonds is 7. The first-order chi connectivity index (χ1) is 15.2. The van der Waals surface area contributed by atoms with Gasteiger partial charge < -0.3 is 9.84 Å². The SMILES string of the molecule is CCOC(CCC(=O)O)=Nc1ccc2c(Cc3ccccc3C(F)(F)F)n[nH]c(=O)c2c1. The molecule has 1 aromatic heterocycles. The molecule has 3 aromatic rings. The zero-order valence-electron chi connectivity index (χ0n) is 17.1. The van der Waals surface area contributed by atoms with Crippen molar-refractivity contribution in [2.75, 3.05) is 6.61 Å². The fraction of sp³-hybridized carbons (Fsp3) is 0.273. The van der Waals surface area contributed by atoms with Crippen LogP contribution in [-0.4, -0.2) is 33.8 Å². The molecule has 2 aromatic carbocycles. The monoisotopic (exact) mass is 447 g/mol. The van der Waals surface area contributed by atoms with Crippen LogP contribution in [0.4, 0.5) is 18.9 Å². The predicted octanol–water partition coefficient (Wildman–Crippen LogP) is 4.46. The Morgan fingerprint density at radius 2 is 1.91 bits per heavy atom. The van der Waals surface area contributed by atoms with Gasteiger partial charge in [-0.25, -0.2) is 10.1 Å². The zero-order chi connectivity index (χ0) is 23.3. The van der Waals surface area contributed by atoms with E-state index < -0.39 is 23.3 Å². The second kappa shape index (κ2) is 9.63. The second-order valence-corrected chi connectivity index (χ2v) is 6.89. The van der Waals surface area contributed by atoms with Crippen molar-refractivity contribution in [1.29, 1.82) is 0 Å². The van der Waals surface area contributed by atoms with Crippen molar-refractivity contribution in [2.45, 2.75) is 32.4 Å². The van der Waals surface area contributed by atoms with E-state index in [-0.39, 0.29) is 41.8 Å². The first kappa shape index (κ1) is 23.0. The van der Waals surface area contributed by atoms with Crippen molar-refractivity contribution in [3.8, 4) is 0 Å². The highest BCUT2D eigenvalue weighted by Crippen LogP contribution is 2.33. The Hall–Kier alpha value is -3.69. The molecular weight excluding hydrogens is 427 g/mol. The summed E-state index contributed by atoms with van der Waals surface area (Å²) >= 11 is 0. The molecule has 0 aliphatic carbocycles. The molecule has 7 nitrogen and oxygen atoms in total. The number of aromatic nitrogens is 2. The second-order valence-electron chi connectivity index (χ2n) is 6.89. The van der Waals surface area contributed by atoms with Crippen LogP contribution in [0.15, 0.2) is 52.3 Å². The van der Waals surface area contributed by atoms with Crippen LogP contribution in [0.25, 0.3) is 10.8 Å². The number of halogens is 3. The number of carboxylic acid groups (broad SMARTS) is 1. The van der Waals surface area contributed by atoms with Gasteiger partial charge in [-0.15, -0.1) is 0 Å². The largest absolute Gasteiger partial charge is 0.481 e. The quantitative estimate of drug-likeness (QED) is 0.411. The summed E-state index contributed by atoms with van der Waals surface area (Å²) in [6.45, 7) is 2.03. The third kappa shape index (κ3) is 5.51. The summed E-state index contributed by atoms with van der Waals surface area (Å²) < 4.78 is 45.4. The van der Waals surface area contributed by atoms with E-state index in [2.05, 4.69) is 15.2 Å². The maximum Gasteiger partial charge on any atom is 0.416 e. The third-order valence-electron chi connectivity index (χ3n) is 4.65. The smallest absolute Gasteiger partial charge is 0.416 e. The number of carboxylic acids is 1. The first-order valence-electron chi connectivity index (χ1n) is 9.77. The van der Waals surface area contributed by atoms with Gasteiger partial charge >= 0.3 is 12.1 Å². The van der Waals surface area contributed by atoms with Crippen LogP contribution in [0.2, 0.25) is 0 Å². The van der Waals surface area contributed by atoms with Crippen LogP contribution in [0, 0.1) is 0 Å². The van der Waals surface area contributed by atoms with E-state index in [1.54, 1.807) is 19.1 Å². The van der Waals surface area contributed by atoms with Gasteiger partial charge in [-0.05, 0) is 30.7 Å². The number of carbonyl (C=O) groups is 1. The lowest BCUT2D eigenvalue weighted by Gasteiger charge is -2.13. The average molecular weight is 447 g/mol. The molecule has 3 rings (SSSR count). The Balaban J connectivity index is 2.01. The summed E-state index contributed by atoms with van der Waals surface area (Å²) in [6.07, 6.45) is -4.73. The molecule has 0 fully saturated rings. The van der Waals surface area contributed by atoms with E-state index in [1.807, 2.05) is 0 Å². The molecule has 0 spiro atoms. The third-order valence-corrected chi connectivity index (χ3v) is 4.65. The number of nitrogens with zero attached hydrogens (tertiary/aromatic N) is 2. The number of aliphatic imine (C=N–C) groups is 1. The van der Waals surface area contributed by atoms with E-state index in [0.29, 0.717) is 17.7 Å². The van der Waals surface area contributed by atoms with E-state index in [0.717, 1.165) is 6.07 Å². The number of H-pyrrole nitrogens is 1. The molecule has 0 aliphatic rings. The highest BCUT2D eigenvalue weighted by molar-refractivity contribution is 5.88. The summed E-state index contributed by atoms with van der Waals surface area (Å²) in [7, 11) is 0. The van der Waals surface area contributed by atoms with Gasteiger partial charge in [-0.3, -0.25) is 9.59 Å². The molecule has 0 radical (unpaired) electrons. The molecule has 168 valence electrons. The van der Waals surface area contributed by atoms with Crippen LogP contribution >= 0.6 is 0 Å². The Labute approximate surface area is 180 Å². The van der Waals surface area contributed by atoms with Gasteiger partial charge in [0.05, 0.1) is 35.4 Å². The van der Waals surface area contributed by atoms with Crippen molar-refractivity contribution in [2.24, 2.45) is 4.99 Å². The van der Waals surface area contributed by atoms with Crippen molar-refractivity contribution in [1.82, 2.24) is 10.2 Å². The standard InChI is InChI=1S/C22H20F3N3O4/c1-2-32-19(9-10-20(29)30)26-14-7-8-15-16(12-14)21(31)28-27-18(15)11-13-5-3-4-6-17(13)22(23,24)25/h3-8,12H,2,9-11H2,1H3,(H,28,31)(H,29,30). The van der Waals surface area contributed by atoms with E-state index in [1.165, 1.54) is 24.3 Å². The van der Waals surface area contributed by atoms with Crippen LogP contribution in [0.5, 0.6) is 0 Å². The van der Waals surface area contributed by atoms with Crippen molar-refractivity contribution in [3.05, 3.63) is 69.6 Å². The van der Waals surface area contributed by atoms with Crippen LogP contribution in [0.3, 0.4) is 0 Å². The topological polar surface area (TPSA) is 105 Å². The van der Waals surface area contributed by atoms with E-state index in [9.17, 15) is 22.8 Å². The molecular formula is C22H20F3N3O4. The molecule has 0 aliphatic heterocycles. The molecule has 0 atom stereocenters. The Kier molecular flexibility index (Phi) is 6.92. The minimum absolute atomic E-state index is 0.0373. The number of benzene rings is 2. The van der Waals surface area contributed by atoms with E-state index >= 15 is 0 Å². The molecule has 10 heteroatoms. The van der Waals surface area contributed by atoms with Crippen LogP contribution < -0.4 is 5.56 Å². The summed E-state index contributed by atoms with van der Waals surface area (Å²) in [5.74, 6) is -0.790. The molecule has 0 bridgehead atoms. The number of hydrogen-bond acceptors (Lipinski definition) is 5. The van der Waals surface area contributed by atoms with Crippen LogP contribution in [0.1, 0.15) is 36.6 Å². The maximum atomic E-state index is 13.3. The highest BCUT2D eigenvalue weighted by Gasteiger charge is 2.33. The van der Waals surface area contributed by atoms with Gasteiger partial charge in [0.1, 0.15) is 0 Å². The minimum atomic E-state index is -4.51. The Morgan fingerprint density at radius 1 is 1.16 bits per heavy atom. The number of nitrogens with one attached hydrogen (secondary N) is 1. The lowest BCUT2D eigenvalue weighted by molar-refractivity contribution is -0.138. The molecule has 0 unspecified atom stereocenters. The number of alkyl halides is 3. The fourth-order valence-electron chi connectivity index (χ4n) is 3.23. The van der Waals surface area contributed by atoms with Gasteiger partial charge in [-0.1, -0.05) is 24.3 Å². The summed E-state index contributed by atoms with van der Waals surface area (Å²) in [5.41, 5.74) is -0.613. The van der Waals surface area contributed by atoms with Gasteiger partial charge in [0.15, 0.2) is 5.90 Å². The molecule has 0 amide bonds. The van der Waals surface area contributed by atoms with E-state index in [4.69, 9.17) is 9.84 Å².